The van der Waals surface area contributed by atoms with Crippen molar-refractivity contribution in [3.05, 3.63) is 21.9 Å². The minimum absolute atomic E-state index is 0.906. The van der Waals surface area contributed by atoms with Crippen LogP contribution in [0, 0.1) is 12.8 Å². The zero-order valence-corrected chi connectivity index (χ0v) is 14.0. The largest absolute Gasteiger partial charge is 0.311 e. The van der Waals surface area contributed by atoms with Crippen LogP contribution in [0.4, 0.5) is 0 Å². The molecule has 0 saturated carbocycles. The first kappa shape index (κ1) is 16.0. The van der Waals surface area contributed by atoms with Gasteiger partial charge in [0.05, 0.1) is 0 Å². The summed E-state index contributed by atoms with van der Waals surface area (Å²) in [5.41, 5.74) is 0. The Labute approximate surface area is 128 Å². The van der Waals surface area contributed by atoms with E-state index < -0.39 is 0 Å². The Balaban J connectivity index is 1.55. The van der Waals surface area contributed by atoms with Crippen LogP contribution in [-0.2, 0) is 6.54 Å². The molecule has 1 N–H and O–H groups in total. The van der Waals surface area contributed by atoms with Crippen molar-refractivity contribution in [1.29, 1.82) is 0 Å². The lowest BCUT2D eigenvalue weighted by molar-refractivity contribution is 0.163. The summed E-state index contributed by atoms with van der Waals surface area (Å²) in [5.74, 6) is 0.906. The predicted octanol–water partition coefficient (Wildman–Crippen LogP) is 2.42. The van der Waals surface area contributed by atoms with E-state index in [-0.39, 0.29) is 0 Å². The SMILES string of the molecule is Cc1ccc(CNCCN2CCC(CN(C)C)CC2)s1. The quantitative estimate of drug-likeness (QED) is 0.780. The second-order valence-corrected chi connectivity index (χ2v) is 7.61. The molecular weight excluding hydrogens is 266 g/mol. The van der Waals surface area contributed by atoms with E-state index in [1.165, 1.54) is 48.8 Å². The van der Waals surface area contributed by atoms with Gasteiger partial charge in [-0.15, -0.1) is 11.3 Å². The molecular formula is C16H29N3S. The number of aryl methyl sites for hydroxylation is 1. The molecule has 1 saturated heterocycles. The predicted molar refractivity (Wildman–Crippen MR) is 88.5 cm³/mol. The minimum Gasteiger partial charge on any atom is -0.311 e. The first-order chi connectivity index (χ1) is 9.63. The molecule has 3 nitrogen and oxygen atoms in total. The number of nitrogens with one attached hydrogen (secondary N) is 1. The molecule has 0 unspecified atom stereocenters. The lowest BCUT2D eigenvalue weighted by atomic mass is 9.96. The van der Waals surface area contributed by atoms with Gasteiger partial charge in [0.25, 0.3) is 0 Å². The van der Waals surface area contributed by atoms with Crippen molar-refractivity contribution < 1.29 is 0 Å². The topological polar surface area (TPSA) is 18.5 Å². The first-order valence-electron chi connectivity index (χ1n) is 7.76. The van der Waals surface area contributed by atoms with Gasteiger partial charge < -0.3 is 15.1 Å². The molecule has 0 radical (unpaired) electrons. The highest BCUT2D eigenvalue weighted by atomic mass is 32.1. The Morgan fingerprint density at radius 1 is 1.30 bits per heavy atom. The summed E-state index contributed by atoms with van der Waals surface area (Å²) >= 11 is 1.90. The summed E-state index contributed by atoms with van der Waals surface area (Å²) in [6.07, 6.45) is 2.73. The van der Waals surface area contributed by atoms with Crippen molar-refractivity contribution in [3.8, 4) is 0 Å². The lowest BCUT2D eigenvalue weighted by Gasteiger charge is -2.33. The van der Waals surface area contributed by atoms with Gasteiger partial charge in [0.15, 0.2) is 0 Å². The maximum atomic E-state index is 3.57. The van der Waals surface area contributed by atoms with E-state index in [0.717, 1.165) is 19.0 Å². The maximum absolute atomic E-state index is 3.57. The van der Waals surface area contributed by atoms with Gasteiger partial charge in [-0.1, -0.05) is 0 Å². The van der Waals surface area contributed by atoms with Crippen LogP contribution in [0.15, 0.2) is 12.1 Å². The highest BCUT2D eigenvalue weighted by Crippen LogP contribution is 2.17. The van der Waals surface area contributed by atoms with Crippen LogP contribution in [-0.4, -0.2) is 56.6 Å². The number of likely N-dealkylation sites (tertiary alicyclic amines) is 1. The molecule has 20 heavy (non-hydrogen) atoms. The highest BCUT2D eigenvalue weighted by Gasteiger charge is 2.18. The standard InChI is InChI=1S/C16H29N3S/c1-14-4-5-16(20-14)12-17-8-11-19-9-6-15(7-10-19)13-18(2)3/h4-5,15,17H,6-13H2,1-3H3. The summed E-state index contributed by atoms with van der Waals surface area (Å²) in [6, 6.07) is 4.44. The number of piperidine rings is 1. The van der Waals surface area contributed by atoms with Crippen LogP contribution < -0.4 is 5.32 Å². The summed E-state index contributed by atoms with van der Waals surface area (Å²) in [7, 11) is 4.37. The third-order valence-corrected chi connectivity index (χ3v) is 5.03. The fraction of sp³-hybridized carbons (Fsp3) is 0.750. The lowest BCUT2D eigenvalue weighted by Crippen LogP contribution is -2.40. The van der Waals surface area contributed by atoms with E-state index in [9.17, 15) is 0 Å². The van der Waals surface area contributed by atoms with Crippen LogP contribution in [0.5, 0.6) is 0 Å². The molecule has 0 aromatic carbocycles. The second-order valence-electron chi connectivity index (χ2n) is 6.24. The van der Waals surface area contributed by atoms with Gasteiger partial charge in [-0.2, -0.15) is 0 Å². The van der Waals surface area contributed by atoms with Crippen LogP contribution in [0.25, 0.3) is 0 Å². The molecule has 0 aliphatic carbocycles. The van der Waals surface area contributed by atoms with Gasteiger partial charge in [-0.05, 0) is 65.0 Å². The van der Waals surface area contributed by atoms with Crippen LogP contribution in [0.2, 0.25) is 0 Å². The summed E-state index contributed by atoms with van der Waals surface area (Å²) in [5, 5.41) is 3.57. The first-order valence-corrected chi connectivity index (χ1v) is 8.58. The Morgan fingerprint density at radius 3 is 2.65 bits per heavy atom. The summed E-state index contributed by atoms with van der Waals surface area (Å²) in [4.78, 5) is 7.79. The molecule has 1 aromatic rings. The van der Waals surface area contributed by atoms with Gasteiger partial charge >= 0.3 is 0 Å². The number of nitrogens with zero attached hydrogens (tertiary/aromatic N) is 2. The Hall–Kier alpha value is -0.420. The number of thiophene rings is 1. The van der Waals surface area contributed by atoms with Crippen molar-refractivity contribution >= 4 is 11.3 Å². The van der Waals surface area contributed by atoms with E-state index >= 15 is 0 Å². The Morgan fingerprint density at radius 2 is 2.05 bits per heavy atom. The number of rotatable bonds is 7. The highest BCUT2D eigenvalue weighted by molar-refractivity contribution is 7.11. The smallest absolute Gasteiger partial charge is 0.0300 e. The van der Waals surface area contributed by atoms with Gasteiger partial charge in [-0.25, -0.2) is 0 Å². The fourth-order valence-electron chi connectivity index (χ4n) is 2.94. The monoisotopic (exact) mass is 295 g/mol. The number of hydrogen-bond acceptors (Lipinski definition) is 4. The molecule has 1 aliphatic heterocycles. The van der Waals surface area contributed by atoms with Gasteiger partial charge in [-0.3, -0.25) is 0 Å². The molecule has 1 aromatic heterocycles. The zero-order valence-electron chi connectivity index (χ0n) is 13.2. The van der Waals surface area contributed by atoms with Crippen molar-refractivity contribution in [1.82, 2.24) is 15.1 Å². The second kappa shape index (κ2) is 8.13. The normalized spacial score (nSPS) is 18.0. The molecule has 1 aliphatic rings. The maximum Gasteiger partial charge on any atom is 0.0300 e. The van der Waals surface area contributed by atoms with E-state index in [2.05, 4.69) is 48.3 Å². The molecule has 0 amide bonds. The molecule has 0 spiro atoms. The molecule has 0 bridgehead atoms. The third-order valence-electron chi connectivity index (χ3n) is 4.03. The molecule has 0 atom stereocenters. The van der Waals surface area contributed by atoms with Gasteiger partial charge in [0, 0.05) is 35.9 Å². The van der Waals surface area contributed by atoms with Gasteiger partial charge in [0.2, 0.25) is 0 Å². The summed E-state index contributed by atoms with van der Waals surface area (Å²) in [6.45, 7) is 9.30. The molecule has 114 valence electrons. The average Bonchev–Trinajstić information content (AvgIpc) is 2.82. The summed E-state index contributed by atoms with van der Waals surface area (Å²) < 4.78 is 0. The minimum atomic E-state index is 0.906. The van der Waals surface area contributed by atoms with E-state index in [4.69, 9.17) is 0 Å². The number of hydrogen-bond donors (Lipinski definition) is 1. The van der Waals surface area contributed by atoms with Crippen molar-refractivity contribution in [2.75, 3.05) is 46.8 Å². The average molecular weight is 295 g/mol. The molecule has 4 heteroatoms. The molecule has 2 rings (SSSR count). The van der Waals surface area contributed by atoms with Crippen molar-refractivity contribution in [2.45, 2.75) is 26.3 Å². The van der Waals surface area contributed by atoms with E-state index in [1.807, 2.05) is 11.3 Å². The van der Waals surface area contributed by atoms with Crippen LogP contribution in [0.3, 0.4) is 0 Å². The fourth-order valence-corrected chi connectivity index (χ4v) is 3.80. The third kappa shape index (κ3) is 5.52. The van der Waals surface area contributed by atoms with Crippen molar-refractivity contribution in [3.63, 3.8) is 0 Å². The van der Waals surface area contributed by atoms with E-state index in [0.29, 0.717) is 0 Å². The van der Waals surface area contributed by atoms with Gasteiger partial charge in [0.1, 0.15) is 0 Å². The van der Waals surface area contributed by atoms with E-state index in [1.54, 1.807) is 0 Å². The Kier molecular flexibility index (Phi) is 6.49. The van der Waals surface area contributed by atoms with Crippen LogP contribution >= 0.6 is 11.3 Å². The Bertz CT molecular complexity index is 381. The zero-order chi connectivity index (χ0) is 14.4. The van der Waals surface area contributed by atoms with Crippen LogP contribution in [0.1, 0.15) is 22.6 Å². The van der Waals surface area contributed by atoms with Crippen molar-refractivity contribution in [2.24, 2.45) is 5.92 Å². The molecule has 2 heterocycles. The molecule has 1 fully saturated rings.